The Morgan fingerprint density at radius 2 is 2.18 bits per heavy atom. The van der Waals surface area contributed by atoms with Gasteiger partial charge in [-0.3, -0.25) is 0 Å². The van der Waals surface area contributed by atoms with Crippen molar-refractivity contribution in [3.8, 4) is 5.69 Å². The van der Waals surface area contributed by atoms with Crippen LogP contribution in [0.25, 0.3) is 5.69 Å². The van der Waals surface area contributed by atoms with Crippen molar-refractivity contribution in [3.63, 3.8) is 0 Å². The predicted molar refractivity (Wildman–Crippen MR) is 82.0 cm³/mol. The number of hydrogen-bond acceptors (Lipinski definition) is 6. The number of amides is 1. The van der Waals surface area contributed by atoms with Gasteiger partial charge in [-0.2, -0.15) is 4.68 Å². The van der Waals surface area contributed by atoms with Gasteiger partial charge < -0.3 is 10.1 Å². The number of rotatable bonds is 1. The quantitative estimate of drug-likeness (QED) is 0.869. The molecular weight excluding hydrogens is 302 g/mol. The van der Waals surface area contributed by atoms with Gasteiger partial charge in [0.1, 0.15) is 11.6 Å². The number of carbonyl (C=O) groups excluding carboxylic acids is 1. The van der Waals surface area contributed by atoms with Gasteiger partial charge >= 0.3 is 6.09 Å². The van der Waals surface area contributed by atoms with Crippen LogP contribution in [0.15, 0.2) is 29.2 Å². The standard InChI is InChI=1S/C14H17N5O2S/c1-14(2,3)21-13(20)15-9-8-22-11-7-5-4-6-10(11)19-12(9)16-17-18-19/h4-7,9H,8H2,1-3H3,(H,15,20)/t9-/m0/s1. The Morgan fingerprint density at radius 3 is 2.95 bits per heavy atom. The third-order valence-corrected chi connectivity index (χ3v) is 4.15. The van der Waals surface area contributed by atoms with Crippen LogP contribution in [0, 0.1) is 0 Å². The first-order valence-corrected chi connectivity index (χ1v) is 7.92. The minimum Gasteiger partial charge on any atom is -0.444 e. The average Bonchev–Trinajstić information content (AvgIpc) is 2.86. The zero-order valence-corrected chi connectivity index (χ0v) is 13.4. The number of tetrazole rings is 1. The van der Waals surface area contributed by atoms with E-state index in [0.717, 1.165) is 10.6 Å². The van der Waals surface area contributed by atoms with Crippen LogP contribution in [0.3, 0.4) is 0 Å². The molecule has 1 aliphatic rings. The highest BCUT2D eigenvalue weighted by atomic mass is 32.2. The number of para-hydroxylation sites is 1. The molecule has 0 radical (unpaired) electrons. The molecule has 1 aromatic heterocycles. The summed E-state index contributed by atoms with van der Waals surface area (Å²) in [6.07, 6.45) is -0.474. The number of benzene rings is 1. The number of fused-ring (bicyclic) bond motifs is 3. The molecule has 3 rings (SSSR count). The second kappa shape index (κ2) is 5.60. The molecule has 1 aliphatic heterocycles. The molecule has 8 heteroatoms. The van der Waals surface area contributed by atoms with Crippen molar-refractivity contribution < 1.29 is 9.53 Å². The Kier molecular flexibility index (Phi) is 3.78. The van der Waals surface area contributed by atoms with Crippen LogP contribution in [0.1, 0.15) is 32.6 Å². The van der Waals surface area contributed by atoms with Crippen LogP contribution in [-0.4, -0.2) is 37.7 Å². The van der Waals surface area contributed by atoms with Gasteiger partial charge in [0, 0.05) is 10.6 Å². The summed E-state index contributed by atoms with van der Waals surface area (Å²) in [5.41, 5.74) is 0.373. The molecular formula is C14H17N5O2S. The van der Waals surface area contributed by atoms with E-state index in [-0.39, 0.29) is 6.04 Å². The van der Waals surface area contributed by atoms with E-state index in [1.807, 2.05) is 45.0 Å². The van der Waals surface area contributed by atoms with Crippen molar-refractivity contribution in [3.05, 3.63) is 30.1 Å². The molecule has 116 valence electrons. The summed E-state index contributed by atoms with van der Waals surface area (Å²) < 4.78 is 6.98. The number of nitrogens with zero attached hydrogens (tertiary/aromatic N) is 4. The maximum atomic E-state index is 12.0. The highest BCUT2D eigenvalue weighted by Gasteiger charge is 2.28. The normalized spacial score (nSPS) is 17.1. The Balaban J connectivity index is 1.86. The van der Waals surface area contributed by atoms with Gasteiger partial charge in [0.2, 0.25) is 0 Å². The van der Waals surface area contributed by atoms with E-state index in [9.17, 15) is 4.79 Å². The SMILES string of the molecule is CC(C)(C)OC(=O)N[C@H]1CSc2ccccc2-n2nnnc21. The molecule has 7 nitrogen and oxygen atoms in total. The lowest BCUT2D eigenvalue weighted by Gasteiger charge is -2.22. The van der Waals surface area contributed by atoms with Crippen molar-refractivity contribution in [1.82, 2.24) is 25.5 Å². The van der Waals surface area contributed by atoms with E-state index >= 15 is 0 Å². The third kappa shape index (κ3) is 3.06. The van der Waals surface area contributed by atoms with E-state index in [0.29, 0.717) is 11.6 Å². The van der Waals surface area contributed by atoms with Gasteiger partial charge in [-0.25, -0.2) is 4.79 Å². The molecule has 1 amide bonds. The van der Waals surface area contributed by atoms with Crippen LogP contribution in [0.5, 0.6) is 0 Å². The number of alkyl carbamates (subject to hydrolysis) is 1. The Hall–Kier alpha value is -2.09. The van der Waals surface area contributed by atoms with Gasteiger partial charge in [0.05, 0.1) is 5.69 Å². The lowest BCUT2D eigenvalue weighted by atomic mass is 10.2. The van der Waals surface area contributed by atoms with Gasteiger partial charge in [0.15, 0.2) is 5.82 Å². The van der Waals surface area contributed by atoms with E-state index in [1.165, 1.54) is 0 Å². The molecule has 22 heavy (non-hydrogen) atoms. The Morgan fingerprint density at radius 1 is 1.41 bits per heavy atom. The van der Waals surface area contributed by atoms with Crippen LogP contribution < -0.4 is 5.32 Å². The summed E-state index contributed by atoms with van der Waals surface area (Å²) in [4.78, 5) is 13.1. The summed E-state index contributed by atoms with van der Waals surface area (Å²) in [5, 5.41) is 14.7. The highest BCUT2D eigenvalue weighted by Crippen LogP contribution is 2.33. The van der Waals surface area contributed by atoms with Crippen LogP contribution in [0.2, 0.25) is 0 Å². The van der Waals surface area contributed by atoms with E-state index in [4.69, 9.17) is 4.74 Å². The first-order chi connectivity index (χ1) is 10.4. The number of ether oxygens (including phenoxy) is 1. The van der Waals surface area contributed by atoms with Crippen LogP contribution in [-0.2, 0) is 4.74 Å². The molecule has 2 heterocycles. The zero-order chi connectivity index (χ0) is 15.7. The van der Waals surface area contributed by atoms with Crippen molar-refractivity contribution >= 4 is 17.9 Å². The fourth-order valence-electron chi connectivity index (χ4n) is 2.14. The highest BCUT2D eigenvalue weighted by molar-refractivity contribution is 7.99. The van der Waals surface area contributed by atoms with Crippen LogP contribution in [0.4, 0.5) is 4.79 Å². The number of nitrogens with one attached hydrogen (secondary N) is 1. The number of aromatic nitrogens is 4. The second-order valence-electron chi connectivity index (χ2n) is 5.93. The molecule has 0 saturated carbocycles. The summed E-state index contributed by atoms with van der Waals surface area (Å²) in [7, 11) is 0. The molecule has 0 aliphatic carbocycles. The molecule has 0 saturated heterocycles. The first-order valence-electron chi connectivity index (χ1n) is 6.94. The summed E-state index contributed by atoms with van der Waals surface area (Å²) >= 11 is 1.64. The molecule has 1 aromatic carbocycles. The largest absolute Gasteiger partial charge is 0.444 e. The van der Waals surface area contributed by atoms with Gasteiger partial charge in [0.25, 0.3) is 0 Å². The molecule has 1 atom stereocenters. The smallest absolute Gasteiger partial charge is 0.408 e. The van der Waals surface area contributed by atoms with Gasteiger partial charge in [-0.15, -0.1) is 16.9 Å². The summed E-state index contributed by atoms with van der Waals surface area (Å²) in [6, 6.07) is 7.56. The number of thioether (sulfide) groups is 1. The Labute approximate surface area is 132 Å². The third-order valence-electron chi connectivity index (χ3n) is 3.00. The van der Waals surface area contributed by atoms with Crippen molar-refractivity contribution in [2.24, 2.45) is 0 Å². The number of carbonyl (C=O) groups is 1. The minimum absolute atomic E-state index is 0.317. The predicted octanol–water partition coefficient (Wildman–Crippen LogP) is 2.33. The minimum atomic E-state index is -0.545. The van der Waals surface area contributed by atoms with E-state index < -0.39 is 11.7 Å². The molecule has 0 spiro atoms. The van der Waals surface area contributed by atoms with Crippen LogP contribution >= 0.6 is 11.8 Å². The summed E-state index contributed by atoms with van der Waals surface area (Å²) in [5.74, 6) is 1.24. The molecule has 0 unspecified atom stereocenters. The second-order valence-corrected chi connectivity index (χ2v) is 6.99. The Bertz CT molecular complexity index is 695. The fraction of sp³-hybridized carbons (Fsp3) is 0.429. The summed E-state index contributed by atoms with van der Waals surface area (Å²) in [6.45, 7) is 5.48. The maximum Gasteiger partial charge on any atom is 0.408 e. The van der Waals surface area contributed by atoms with E-state index in [2.05, 4.69) is 20.8 Å². The lowest BCUT2D eigenvalue weighted by molar-refractivity contribution is 0.0506. The lowest BCUT2D eigenvalue weighted by Crippen LogP contribution is -2.36. The average molecular weight is 319 g/mol. The van der Waals surface area contributed by atoms with Crippen molar-refractivity contribution in [2.75, 3.05) is 5.75 Å². The van der Waals surface area contributed by atoms with Gasteiger partial charge in [-0.05, 0) is 43.3 Å². The topological polar surface area (TPSA) is 81.9 Å². The monoisotopic (exact) mass is 319 g/mol. The zero-order valence-electron chi connectivity index (χ0n) is 12.6. The van der Waals surface area contributed by atoms with Gasteiger partial charge in [-0.1, -0.05) is 12.1 Å². The van der Waals surface area contributed by atoms with Crippen molar-refractivity contribution in [1.29, 1.82) is 0 Å². The van der Waals surface area contributed by atoms with Crippen molar-refractivity contribution in [2.45, 2.75) is 37.3 Å². The molecule has 1 N–H and O–H groups in total. The van der Waals surface area contributed by atoms with E-state index in [1.54, 1.807) is 16.4 Å². The molecule has 2 aromatic rings. The fourth-order valence-corrected chi connectivity index (χ4v) is 3.20. The molecule has 0 fully saturated rings. The maximum absolute atomic E-state index is 12.0. The first kappa shape index (κ1) is 14.8. The number of hydrogen-bond donors (Lipinski definition) is 1. The molecule has 0 bridgehead atoms.